The molecule has 0 aliphatic carbocycles. The predicted octanol–water partition coefficient (Wildman–Crippen LogP) is 2.14. The summed E-state index contributed by atoms with van der Waals surface area (Å²) < 4.78 is 19.1. The van der Waals surface area contributed by atoms with Crippen molar-refractivity contribution in [2.24, 2.45) is 0 Å². The number of halogens is 1. The van der Waals surface area contributed by atoms with Crippen LogP contribution in [-0.4, -0.2) is 43.7 Å². The summed E-state index contributed by atoms with van der Waals surface area (Å²) in [5, 5.41) is 2.99. The largest absolute Gasteiger partial charge is 0.399 e. The number of hydrogen-bond acceptors (Lipinski definition) is 4. The van der Waals surface area contributed by atoms with Gasteiger partial charge in [-0.25, -0.2) is 4.39 Å². The smallest absolute Gasteiger partial charge is 0.224 e. The van der Waals surface area contributed by atoms with Crippen LogP contribution in [0.2, 0.25) is 0 Å². The third-order valence-electron chi connectivity index (χ3n) is 4.56. The number of benzene rings is 2. The highest BCUT2D eigenvalue weighted by Gasteiger charge is 2.23. The summed E-state index contributed by atoms with van der Waals surface area (Å²) in [7, 11) is 0. The minimum absolute atomic E-state index is 0.0653. The number of carbonyl (C=O) groups excluding carboxylic acids is 1. The van der Waals surface area contributed by atoms with Gasteiger partial charge in [-0.2, -0.15) is 0 Å². The Hall–Kier alpha value is -2.44. The fraction of sp³-hybridized carbons (Fsp3) is 0.350. The second-order valence-corrected chi connectivity index (χ2v) is 6.44. The number of nitrogen functional groups attached to an aromatic ring is 1. The predicted molar refractivity (Wildman–Crippen MR) is 99.1 cm³/mol. The van der Waals surface area contributed by atoms with Gasteiger partial charge in [0, 0.05) is 25.3 Å². The van der Waals surface area contributed by atoms with Crippen molar-refractivity contribution >= 4 is 11.6 Å². The lowest BCUT2D eigenvalue weighted by Crippen LogP contribution is -2.44. The minimum Gasteiger partial charge on any atom is -0.399 e. The van der Waals surface area contributed by atoms with Crippen LogP contribution in [0.15, 0.2) is 48.5 Å². The van der Waals surface area contributed by atoms with E-state index in [-0.39, 0.29) is 17.8 Å². The highest BCUT2D eigenvalue weighted by atomic mass is 19.1. The van der Waals surface area contributed by atoms with E-state index in [1.807, 2.05) is 18.2 Å². The molecule has 5 nitrogen and oxygen atoms in total. The van der Waals surface area contributed by atoms with E-state index < -0.39 is 0 Å². The number of nitrogens with zero attached hydrogens (tertiary/aromatic N) is 1. The van der Waals surface area contributed by atoms with Crippen molar-refractivity contribution < 1.29 is 13.9 Å². The van der Waals surface area contributed by atoms with Crippen LogP contribution in [0, 0.1) is 5.82 Å². The van der Waals surface area contributed by atoms with Crippen molar-refractivity contribution in [3.05, 3.63) is 65.5 Å². The molecule has 6 heteroatoms. The summed E-state index contributed by atoms with van der Waals surface area (Å²) in [5.41, 5.74) is 8.11. The van der Waals surface area contributed by atoms with Crippen LogP contribution < -0.4 is 11.1 Å². The van der Waals surface area contributed by atoms with E-state index in [1.54, 1.807) is 18.2 Å². The third-order valence-corrected chi connectivity index (χ3v) is 4.56. The molecular formula is C20H24FN3O2. The first-order valence-corrected chi connectivity index (χ1v) is 8.80. The lowest BCUT2D eigenvalue weighted by atomic mass is 10.0. The summed E-state index contributed by atoms with van der Waals surface area (Å²) in [6, 6.07) is 13.7. The van der Waals surface area contributed by atoms with Gasteiger partial charge in [-0.15, -0.1) is 0 Å². The molecule has 1 fully saturated rings. The lowest BCUT2D eigenvalue weighted by molar-refractivity contribution is -0.120. The summed E-state index contributed by atoms with van der Waals surface area (Å²) in [4.78, 5) is 14.5. The van der Waals surface area contributed by atoms with Crippen LogP contribution in [0.1, 0.15) is 17.2 Å². The molecule has 1 saturated heterocycles. The number of carbonyl (C=O) groups is 1. The van der Waals surface area contributed by atoms with Crippen LogP contribution in [0.3, 0.4) is 0 Å². The first-order valence-electron chi connectivity index (χ1n) is 8.80. The zero-order chi connectivity index (χ0) is 18.4. The molecule has 0 aromatic heterocycles. The molecule has 1 heterocycles. The number of hydrogen-bond donors (Lipinski definition) is 2. The maximum Gasteiger partial charge on any atom is 0.224 e. The lowest BCUT2D eigenvalue weighted by Gasteiger charge is -2.35. The molecule has 0 saturated carbocycles. The molecule has 1 aliphatic heterocycles. The Balaban J connectivity index is 1.65. The van der Waals surface area contributed by atoms with Gasteiger partial charge < -0.3 is 15.8 Å². The average molecular weight is 357 g/mol. The summed E-state index contributed by atoms with van der Waals surface area (Å²) >= 11 is 0. The third kappa shape index (κ3) is 5.03. The van der Waals surface area contributed by atoms with Crippen LogP contribution in [0.4, 0.5) is 10.1 Å². The number of nitrogens with two attached hydrogens (primary N) is 1. The van der Waals surface area contributed by atoms with E-state index in [1.165, 1.54) is 12.1 Å². The van der Waals surface area contributed by atoms with Crippen molar-refractivity contribution in [2.45, 2.75) is 12.5 Å². The number of ether oxygens (including phenoxy) is 1. The zero-order valence-corrected chi connectivity index (χ0v) is 14.7. The van der Waals surface area contributed by atoms with E-state index in [4.69, 9.17) is 10.5 Å². The Morgan fingerprint density at radius 1 is 1.19 bits per heavy atom. The van der Waals surface area contributed by atoms with E-state index in [0.29, 0.717) is 31.9 Å². The second-order valence-electron chi connectivity index (χ2n) is 6.44. The number of morpholine rings is 1. The minimum atomic E-state index is -0.269. The number of amides is 1. The van der Waals surface area contributed by atoms with Gasteiger partial charge in [-0.1, -0.05) is 24.3 Å². The quantitative estimate of drug-likeness (QED) is 0.778. The molecule has 1 aliphatic rings. The van der Waals surface area contributed by atoms with Crippen LogP contribution in [-0.2, 0) is 16.0 Å². The van der Waals surface area contributed by atoms with Gasteiger partial charge in [0.05, 0.1) is 25.7 Å². The fourth-order valence-electron chi connectivity index (χ4n) is 3.15. The fourth-order valence-corrected chi connectivity index (χ4v) is 3.15. The van der Waals surface area contributed by atoms with Crippen LogP contribution in [0.5, 0.6) is 0 Å². The van der Waals surface area contributed by atoms with Crippen molar-refractivity contribution in [1.82, 2.24) is 10.2 Å². The molecule has 2 aromatic rings. The van der Waals surface area contributed by atoms with Crippen molar-refractivity contribution in [3.8, 4) is 0 Å². The summed E-state index contributed by atoms with van der Waals surface area (Å²) in [6.45, 7) is 3.23. The van der Waals surface area contributed by atoms with Crippen molar-refractivity contribution in [3.63, 3.8) is 0 Å². The van der Waals surface area contributed by atoms with Gasteiger partial charge in [-0.3, -0.25) is 9.69 Å². The van der Waals surface area contributed by atoms with Gasteiger partial charge in [0.2, 0.25) is 5.91 Å². The number of rotatable bonds is 6. The van der Waals surface area contributed by atoms with Gasteiger partial charge in [0.15, 0.2) is 0 Å². The normalized spacial score (nSPS) is 16.2. The highest BCUT2D eigenvalue weighted by molar-refractivity contribution is 5.78. The Kier molecular flexibility index (Phi) is 6.20. The molecule has 0 bridgehead atoms. The van der Waals surface area contributed by atoms with Gasteiger partial charge in [0.25, 0.3) is 0 Å². The molecule has 3 rings (SSSR count). The first kappa shape index (κ1) is 18.4. The summed E-state index contributed by atoms with van der Waals surface area (Å²) in [6.07, 6.45) is 0.291. The monoisotopic (exact) mass is 357 g/mol. The Bertz CT molecular complexity index is 730. The topological polar surface area (TPSA) is 67.6 Å². The zero-order valence-electron chi connectivity index (χ0n) is 14.7. The molecular weight excluding hydrogens is 333 g/mol. The van der Waals surface area contributed by atoms with E-state index in [9.17, 15) is 9.18 Å². The Morgan fingerprint density at radius 3 is 2.62 bits per heavy atom. The van der Waals surface area contributed by atoms with E-state index >= 15 is 0 Å². The molecule has 2 aromatic carbocycles. The second kappa shape index (κ2) is 8.78. The number of nitrogens with one attached hydrogen (secondary N) is 1. The van der Waals surface area contributed by atoms with Gasteiger partial charge >= 0.3 is 0 Å². The van der Waals surface area contributed by atoms with E-state index in [0.717, 1.165) is 24.2 Å². The number of anilines is 1. The maximum absolute atomic E-state index is 13.7. The molecule has 0 spiro atoms. The maximum atomic E-state index is 13.7. The Labute approximate surface area is 152 Å². The molecule has 1 atom stereocenters. The summed E-state index contributed by atoms with van der Waals surface area (Å²) in [5.74, 6) is -0.335. The van der Waals surface area contributed by atoms with Gasteiger partial charge in [0.1, 0.15) is 5.82 Å². The molecule has 0 radical (unpaired) electrons. The SMILES string of the molecule is Nc1ccc(CC(=O)NCC(c2cccc(F)c2)N2CCOCC2)cc1. The molecule has 26 heavy (non-hydrogen) atoms. The van der Waals surface area contributed by atoms with Crippen LogP contribution in [0.25, 0.3) is 0 Å². The molecule has 1 amide bonds. The molecule has 138 valence electrons. The van der Waals surface area contributed by atoms with Crippen molar-refractivity contribution in [2.75, 3.05) is 38.6 Å². The van der Waals surface area contributed by atoms with Crippen LogP contribution >= 0.6 is 0 Å². The Morgan fingerprint density at radius 2 is 1.92 bits per heavy atom. The molecule has 3 N–H and O–H groups in total. The molecule has 1 unspecified atom stereocenters. The first-order chi connectivity index (χ1) is 12.6. The van der Waals surface area contributed by atoms with Gasteiger partial charge in [-0.05, 0) is 35.4 Å². The van der Waals surface area contributed by atoms with E-state index in [2.05, 4.69) is 10.2 Å². The average Bonchev–Trinajstić information content (AvgIpc) is 2.65. The standard InChI is InChI=1S/C20H24FN3O2/c21-17-3-1-2-16(13-17)19(24-8-10-26-11-9-24)14-23-20(25)12-15-4-6-18(22)7-5-15/h1-7,13,19H,8-12,14,22H2,(H,23,25). The highest BCUT2D eigenvalue weighted by Crippen LogP contribution is 2.22. The van der Waals surface area contributed by atoms with Crippen molar-refractivity contribution in [1.29, 1.82) is 0 Å².